The summed E-state index contributed by atoms with van der Waals surface area (Å²) in [5.41, 5.74) is 6.37. The van der Waals surface area contributed by atoms with Gasteiger partial charge < -0.3 is 10.8 Å². The third kappa shape index (κ3) is 3.02. The summed E-state index contributed by atoms with van der Waals surface area (Å²) in [5.74, 6) is -0.303. The summed E-state index contributed by atoms with van der Waals surface area (Å²) in [6.45, 7) is 2.36. The van der Waals surface area contributed by atoms with E-state index >= 15 is 0 Å². The Hall–Kier alpha value is -1.66. The van der Waals surface area contributed by atoms with Crippen molar-refractivity contribution < 1.29 is 10.0 Å². The van der Waals surface area contributed by atoms with Gasteiger partial charge in [0.1, 0.15) is 0 Å². The fourth-order valence-corrected chi connectivity index (χ4v) is 2.62. The molecule has 0 amide bonds. The molecule has 1 aliphatic rings. The molecule has 104 valence electrons. The van der Waals surface area contributed by atoms with E-state index in [0.717, 1.165) is 31.5 Å². The Bertz CT molecular complexity index is 458. The van der Waals surface area contributed by atoms with E-state index < -0.39 is 4.92 Å². The van der Waals surface area contributed by atoms with E-state index in [0.29, 0.717) is 6.54 Å². The highest BCUT2D eigenvalue weighted by atomic mass is 16.6. The van der Waals surface area contributed by atoms with Crippen LogP contribution in [0.25, 0.3) is 0 Å². The van der Waals surface area contributed by atoms with Gasteiger partial charge in [-0.1, -0.05) is 12.5 Å². The number of nitro benzene ring substituents is 1. The van der Waals surface area contributed by atoms with Crippen LogP contribution in [0.4, 0.5) is 5.69 Å². The number of aromatic hydroxyl groups is 1. The molecular weight excluding hydrogens is 246 g/mol. The van der Waals surface area contributed by atoms with Gasteiger partial charge in [0.2, 0.25) is 0 Å². The number of nitrogens with zero attached hydrogens (tertiary/aromatic N) is 2. The van der Waals surface area contributed by atoms with Gasteiger partial charge in [-0.3, -0.25) is 15.0 Å². The Labute approximate surface area is 112 Å². The number of benzene rings is 1. The van der Waals surface area contributed by atoms with Crippen molar-refractivity contribution in [1.29, 1.82) is 0 Å². The molecule has 0 saturated carbocycles. The fourth-order valence-electron chi connectivity index (χ4n) is 2.62. The van der Waals surface area contributed by atoms with E-state index in [4.69, 9.17) is 5.73 Å². The largest absolute Gasteiger partial charge is 0.502 e. The SMILES string of the molecule is NCC(c1ccc(O)c([N+](=O)[O-])c1)N1CCCCC1. The van der Waals surface area contributed by atoms with Gasteiger partial charge in [-0.25, -0.2) is 0 Å². The van der Waals surface area contributed by atoms with Crippen molar-refractivity contribution in [3.63, 3.8) is 0 Å². The van der Waals surface area contributed by atoms with E-state index in [1.165, 1.54) is 18.6 Å². The van der Waals surface area contributed by atoms with Gasteiger partial charge in [-0.05, 0) is 37.6 Å². The molecule has 0 bridgehead atoms. The summed E-state index contributed by atoms with van der Waals surface area (Å²) in [5, 5.41) is 20.3. The maximum absolute atomic E-state index is 10.9. The smallest absolute Gasteiger partial charge is 0.311 e. The van der Waals surface area contributed by atoms with Crippen LogP contribution in [0.3, 0.4) is 0 Å². The third-order valence-electron chi connectivity index (χ3n) is 3.64. The number of phenolic OH excluding ortho intramolecular Hbond substituents is 1. The molecule has 1 unspecified atom stereocenters. The minimum atomic E-state index is -0.567. The first-order valence-electron chi connectivity index (χ1n) is 6.55. The van der Waals surface area contributed by atoms with E-state index in [1.54, 1.807) is 6.07 Å². The monoisotopic (exact) mass is 265 g/mol. The van der Waals surface area contributed by atoms with Gasteiger partial charge in [0.15, 0.2) is 5.75 Å². The average Bonchev–Trinajstić information content (AvgIpc) is 2.42. The molecule has 2 rings (SSSR count). The predicted molar refractivity (Wildman–Crippen MR) is 72.0 cm³/mol. The number of nitrogens with two attached hydrogens (primary N) is 1. The maximum atomic E-state index is 10.9. The third-order valence-corrected chi connectivity index (χ3v) is 3.64. The number of hydrogen-bond acceptors (Lipinski definition) is 5. The standard InChI is InChI=1S/C13H19N3O3/c14-9-12(15-6-2-1-3-7-15)10-4-5-13(17)11(8-10)16(18)19/h4-5,8,12,17H,1-3,6-7,9,14H2. The van der Waals surface area contributed by atoms with Crippen LogP contribution in [0.2, 0.25) is 0 Å². The summed E-state index contributed by atoms with van der Waals surface area (Å²) in [7, 11) is 0. The van der Waals surface area contributed by atoms with E-state index in [9.17, 15) is 15.2 Å². The van der Waals surface area contributed by atoms with Crippen molar-refractivity contribution >= 4 is 5.69 Å². The highest BCUT2D eigenvalue weighted by Crippen LogP contribution is 2.31. The number of likely N-dealkylation sites (tertiary alicyclic amines) is 1. The molecule has 1 aromatic rings. The van der Waals surface area contributed by atoms with Crippen molar-refractivity contribution in [3.8, 4) is 5.75 Å². The van der Waals surface area contributed by atoms with Crippen molar-refractivity contribution in [2.75, 3.05) is 19.6 Å². The summed E-state index contributed by atoms with van der Waals surface area (Å²) in [4.78, 5) is 12.6. The molecule has 3 N–H and O–H groups in total. The Balaban J connectivity index is 2.27. The maximum Gasteiger partial charge on any atom is 0.311 e. The summed E-state index contributed by atoms with van der Waals surface area (Å²) < 4.78 is 0. The zero-order valence-electron chi connectivity index (χ0n) is 10.8. The molecule has 6 nitrogen and oxygen atoms in total. The second kappa shape index (κ2) is 5.99. The van der Waals surface area contributed by atoms with Gasteiger partial charge in [-0.15, -0.1) is 0 Å². The Kier molecular flexibility index (Phi) is 4.34. The van der Waals surface area contributed by atoms with Crippen molar-refractivity contribution in [2.45, 2.75) is 25.3 Å². The first-order valence-corrected chi connectivity index (χ1v) is 6.55. The second-order valence-corrected chi connectivity index (χ2v) is 4.85. The molecule has 0 aromatic heterocycles. The first kappa shape index (κ1) is 13.8. The highest BCUT2D eigenvalue weighted by Gasteiger charge is 2.23. The summed E-state index contributed by atoms with van der Waals surface area (Å²) in [6.07, 6.45) is 3.50. The van der Waals surface area contributed by atoms with Crippen molar-refractivity contribution in [3.05, 3.63) is 33.9 Å². The lowest BCUT2D eigenvalue weighted by atomic mass is 10.0. The van der Waals surface area contributed by atoms with E-state index in [-0.39, 0.29) is 17.5 Å². The van der Waals surface area contributed by atoms with Crippen molar-refractivity contribution in [1.82, 2.24) is 4.90 Å². The lowest BCUT2D eigenvalue weighted by Crippen LogP contribution is -2.37. The molecule has 1 heterocycles. The number of hydrogen-bond donors (Lipinski definition) is 2. The van der Waals surface area contributed by atoms with Crippen LogP contribution in [-0.4, -0.2) is 34.6 Å². The van der Waals surface area contributed by atoms with Crippen LogP contribution in [0.1, 0.15) is 30.9 Å². The van der Waals surface area contributed by atoms with Gasteiger partial charge in [-0.2, -0.15) is 0 Å². The lowest BCUT2D eigenvalue weighted by Gasteiger charge is -2.34. The number of nitro groups is 1. The molecule has 1 aliphatic heterocycles. The number of rotatable bonds is 4. The highest BCUT2D eigenvalue weighted by molar-refractivity contribution is 5.48. The minimum absolute atomic E-state index is 0.0143. The van der Waals surface area contributed by atoms with Gasteiger partial charge in [0, 0.05) is 18.7 Å². The molecule has 1 fully saturated rings. The van der Waals surface area contributed by atoms with Crippen LogP contribution >= 0.6 is 0 Å². The molecule has 0 radical (unpaired) electrons. The quantitative estimate of drug-likeness (QED) is 0.639. The van der Waals surface area contributed by atoms with Crippen molar-refractivity contribution in [2.24, 2.45) is 5.73 Å². The molecule has 1 atom stereocenters. The predicted octanol–water partition coefficient (Wildman–Crippen LogP) is 1.79. The second-order valence-electron chi connectivity index (χ2n) is 4.85. The average molecular weight is 265 g/mol. The minimum Gasteiger partial charge on any atom is -0.502 e. The number of piperidine rings is 1. The Morgan fingerprint density at radius 3 is 2.63 bits per heavy atom. The van der Waals surface area contributed by atoms with Gasteiger partial charge in [0.25, 0.3) is 0 Å². The van der Waals surface area contributed by atoms with Gasteiger partial charge >= 0.3 is 5.69 Å². The van der Waals surface area contributed by atoms with Gasteiger partial charge in [0.05, 0.1) is 4.92 Å². The normalized spacial score (nSPS) is 18.2. The van der Waals surface area contributed by atoms with Crippen LogP contribution < -0.4 is 5.73 Å². The molecule has 1 aromatic carbocycles. The summed E-state index contributed by atoms with van der Waals surface area (Å²) in [6, 6.07) is 4.51. The summed E-state index contributed by atoms with van der Waals surface area (Å²) >= 11 is 0. The Morgan fingerprint density at radius 1 is 1.37 bits per heavy atom. The van der Waals surface area contributed by atoms with E-state index in [2.05, 4.69) is 4.90 Å². The van der Waals surface area contributed by atoms with Crippen LogP contribution in [0.5, 0.6) is 5.75 Å². The molecular formula is C13H19N3O3. The first-order chi connectivity index (χ1) is 9.13. The zero-order chi connectivity index (χ0) is 13.8. The molecule has 1 saturated heterocycles. The van der Waals surface area contributed by atoms with Crippen LogP contribution in [0.15, 0.2) is 18.2 Å². The molecule has 0 spiro atoms. The topological polar surface area (TPSA) is 92.6 Å². The van der Waals surface area contributed by atoms with Crippen LogP contribution in [-0.2, 0) is 0 Å². The van der Waals surface area contributed by atoms with Crippen LogP contribution in [0, 0.1) is 10.1 Å². The molecule has 19 heavy (non-hydrogen) atoms. The lowest BCUT2D eigenvalue weighted by molar-refractivity contribution is -0.386. The zero-order valence-corrected chi connectivity index (χ0v) is 10.8. The molecule has 6 heteroatoms. The fraction of sp³-hybridized carbons (Fsp3) is 0.538. The molecule has 0 aliphatic carbocycles. The van der Waals surface area contributed by atoms with E-state index in [1.807, 2.05) is 0 Å². The Morgan fingerprint density at radius 2 is 2.05 bits per heavy atom. The number of phenols is 1.